The summed E-state index contributed by atoms with van der Waals surface area (Å²) in [5.41, 5.74) is 2.24. The van der Waals surface area contributed by atoms with Crippen molar-refractivity contribution in [3.8, 4) is 5.75 Å². The van der Waals surface area contributed by atoms with Crippen LogP contribution in [-0.4, -0.2) is 48.4 Å². The first-order valence-corrected chi connectivity index (χ1v) is 9.27. The molecule has 2 aliphatic heterocycles. The van der Waals surface area contributed by atoms with Crippen molar-refractivity contribution in [3.63, 3.8) is 0 Å². The van der Waals surface area contributed by atoms with Gasteiger partial charge in [0.2, 0.25) is 0 Å². The Morgan fingerprint density at radius 1 is 1.12 bits per heavy atom. The van der Waals surface area contributed by atoms with Crippen LogP contribution in [0.1, 0.15) is 31.4 Å². The van der Waals surface area contributed by atoms with E-state index >= 15 is 0 Å². The van der Waals surface area contributed by atoms with Crippen molar-refractivity contribution in [1.82, 2.24) is 20.4 Å². The topological polar surface area (TPSA) is 53.2 Å². The predicted molar refractivity (Wildman–Crippen MR) is 96.2 cm³/mol. The number of likely N-dealkylation sites (tertiary alicyclic amines) is 1. The molecule has 0 amide bonds. The molecule has 130 valence electrons. The van der Waals surface area contributed by atoms with Crippen LogP contribution in [0.2, 0.25) is 0 Å². The number of aromatic amines is 1. The summed E-state index contributed by atoms with van der Waals surface area (Å²) in [5, 5.41) is 12.3. The largest absolute Gasteiger partial charge is 0.497 e. The van der Waals surface area contributed by atoms with Crippen LogP contribution in [0.15, 0.2) is 18.2 Å². The Hall–Kier alpha value is -1.59. The van der Waals surface area contributed by atoms with E-state index in [9.17, 15) is 0 Å². The Labute approximate surface area is 143 Å². The second-order valence-corrected chi connectivity index (χ2v) is 7.29. The van der Waals surface area contributed by atoms with Crippen molar-refractivity contribution >= 4 is 10.9 Å². The molecule has 0 unspecified atom stereocenters. The normalized spacial score (nSPS) is 21.4. The number of methoxy groups -OCH3 is 1. The number of piperidine rings is 2. The van der Waals surface area contributed by atoms with Crippen molar-refractivity contribution < 1.29 is 4.74 Å². The molecule has 2 aliphatic rings. The summed E-state index contributed by atoms with van der Waals surface area (Å²) in [5.74, 6) is 2.78. The second kappa shape index (κ2) is 7.11. The molecule has 2 aromatic rings. The number of hydrogen-bond acceptors (Lipinski definition) is 4. The highest BCUT2D eigenvalue weighted by Gasteiger charge is 2.27. The van der Waals surface area contributed by atoms with Gasteiger partial charge in [-0.25, -0.2) is 0 Å². The quantitative estimate of drug-likeness (QED) is 0.906. The number of benzene rings is 1. The van der Waals surface area contributed by atoms with Gasteiger partial charge in [-0.2, -0.15) is 5.10 Å². The molecule has 0 saturated carbocycles. The summed E-state index contributed by atoms with van der Waals surface area (Å²) in [6.45, 7) is 5.81. The van der Waals surface area contributed by atoms with Crippen molar-refractivity contribution in [3.05, 3.63) is 23.9 Å². The van der Waals surface area contributed by atoms with E-state index in [1.54, 1.807) is 7.11 Å². The zero-order valence-electron chi connectivity index (χ0n) is 14.6. The number of nitrogens with zero attached hydrogens (tertiary/aromatic N) is 2. The monoisotopic (exact) mass is 328 g/mol. The molecule has 0 spiro atoms. The minimum Gasteiger partial charge on any atom is -0.497 e. The first-order valence-electron chi connectivity index (χ1n) is 9.27. The smallest absolute Gasteiger partial charge is 0.119 e. The molecule has 5 nitrogen and oxygen atoms in total. The molecular formula is C19H28N4O. The van der Waals surface area contributed by atoms with E-state index in [1.165, 1.54) is 62.9 Å². The van der Waals surface area contributed by atoms with Gasteiger partial charge in [-0.05, 0) is 81.9 Å². The molecule has 4 rings (SSSR count). The standard InChI is InChI=1S/C19H28N4O/c1-24-16-2-3-18-17(12-16)19(22-21-18)13-23-10-6-15(7-11-23)14-4-8-20-9-5-14/h2-3,12,14-15,20H,4-11,13H2,1H3,(H,21,22). The highest BCUT2D eigenvalue weighted by Crippen LogP contribution is 2.31. The van der Waals surface area contributed by atoms with Gasteiger partial charge in [0.15, 0.2) is 0 Å². The van der Waals surface area contributed by atoms with Gasteiger partial charge in [0.1, 0.15) is 5.75 Å². The van der Waals surface area contributed by atoms with Gasteiger partial charge in [-0.1, -0.05) is 0 Å². The maximum Gasteiger partial charge on any atom is 0.119 e. The van der Waals surface area contributed by atoms with Gasteiger partial charge in [-0.3, -0.25) is 10.00 Å². The van der Waals surface area contributed by atoms with Gasteiger partial charge in [0, 0.05) is 11.9 Å². The molecule has 0 aliphatic carbocycles. The third-order valence-corrected chi connectivity index (χ3v) is 5.90. The van der Waals surface area contributed by atoms with Gasteiger partial charge in [0.05, 0.1) is 18.3 Å². The number of ether oxygens (including phenoxy) is 1. The van der Waals surface area contributed by atoms with E-state index in [0.29, 0.717) is 0 Å². The zero-order chi connectivity index (χ0) is 16.4. The number of H-pyrrole nitrogens is 1. The number of nitrogens with one attached hydrogen (secondary N) is 2. The summed E-state index contributed by atoms with van der Waals surface area (Å²) in [6, 6.07) is 6.09. The minimum atomic E-state index is 0.898. The van der Waals surface area contributed by atoms with Crippen LogP contribution < -0.4 is 10.1 Å². The Bertz CT molecular complexity index is 669. The number of hydrogen-bond donors (Lipinski definition) is 2. The predicted octanol–water partition coefficient (Wildman–Crippen LogP) is 2.78. The fourth-order valence-electron chi connectivity index (χ4n) is 4.41. The molecule has 2 saturated heterocycles. The lowest BCUT2D eigenvalue weighted by Gasteiger charge is -2.37. The van der Waals surface area contributed by atoms with E-state index in [-0.39, 0.29) is 0 Å². The molecule has 2 fully saturated rings. The molecule has 0 atom stereocenters. The van der Waals surface area contributed by atoms with Crippen molar-refractivity contribution in [1.29, 1.82) is 0 Å². The molecule has 5 heteroatoms. The maximum absolute atomic E-state index is 5.36. The third kappa shape index (κ3) is 3.28. The highest BCUT2D eigenvalue weighted by atomic mass is 16.5. The van der Waals surface area contributed by atoms with Crippen LogP contribution in [0.25, 0.3) is 10.9 Å². The van der Waals surface area contributed by atoms with E-state index in [2.05, 4.69) is 26.5 Å². The first-order chi connectivity index (χ1) is 11.8. The van der Waals surface area contributed by atoms with E-state index in [0.717, 1.165) is 29.6 Å². The highest BCUT2D eigenvalue weighted by molar-refractivity contribution is 5.82. The molecule has 3 heterocycles. The summed E-state index contributed by atoms with van der Waals surface area (Å²) in [4.78, 5) is 2.57. The zero-order valence-corrected chi connectivity index (χ0v) is 14.6. The molecule has 1 aromatic heterocycles. The summed E-state index contributed by atoms with van der Waals surface area (Å²) in [6.07, 6.45) is 5.44. The fraction of sp³-hybridized carbons (Fsp3) is 0.632. The first kappa shape index (κ1) is 15.9. The lowest BCUT2D eigenvalue weighted by atomic mass is 9.79. The fourth-order valence-corrected chi connectivity index (χ4v) is 4.41. The second-order valence-electron chi connectivity index (χ2n) is 7.29. The van der Waals surface area contributed by atoms with E-state index in [1.807, 2.05) is 12.1 Å². The summed E-state index contributed by atoms with van der Waals surface area (Å²) < 4.78 is 5.36. The van der Waals surface area contributed by atoms with Crippen LogP contribution in [0.5, 0.6) is 5.75 Å². The van der Waals surface area contributed by atoms with Crippen LogP contribution in [-0.2, 0) is 6.54 Å². The molecule has 2 N–H and O–H groups in total. The number of rotatable bonds is 4. The Morgan fingerprint density at radius 2 is 1.88 bits per heavy atom. The average Bonchev–Trinajstić information content (AvgIpc) is 3.05. The minimum absolute atomic E-state index is 0.898. The Balaban J connectivity index is 1.38. The van der Waals surface area contributed by atoms with E-state index in [4.69, 9.17) is 4.74 Å². The van der Waals surface area contributed by atoms with Crippen LogP contribution in [0.4, 0.5) is 0 Å². The average molecular weight is 328 g/mol. The van der Waals surface area contributed by atoms with Crippen LogP contribution >= 0.6 is 0 Å². The Morgan fingerprint density at radius 3 is 2.62 bits per heavy atom. The number of aromatic nitrogens is 2. The SMILES string of the molecule is COc1ccc2n[nH]c(CN3CCC(C4CCNCC4)CC3)c2c1. The molecular weight excluding hydrogens is 300 g/mol. The van der Waals surface area contributed by atoms with Gasteiger partial charge < -0.3 is 10.1 Å². The number of fused-ring (bicyclic) bond motifs is 1. The van der Waals surface area contributed by atoms with Gasteiger partial charge >= 0.3 is 0 Å². The summed E-state index contributed by atoms with van der Waals surface area (Å²) in [7, 11) is 1.71. The van der Waals surface area contributed by atoms with Crippen molar-refractivity contribution in [2.45, 2.75) is 32.2 Å². The molecule has 0 bridgehead atoms. The lowest BCUT2D eigenvalue weighted by molar-refractivity contribution is 0.125. The van der Waals surface area contributed by atoms with Crippen LogP contribution in [0.3, 0.4) is 0 Å². The third-order valence-electron chi connectivity index (χ3n) is 5.90. The lowest BCUT2D eigenvalue weighted by Crippen LogP contribution is -2.39. The van der Waals surface area contributed by atoms with Crippen LogP contribution in [0, 0.1) is 11.8 Å². The molecule has 1 aromatic carbocycles. The van der Waals surface area contributed by atoms with Gasteiger partial charge in [-0.15, -0.1) is 0 Å². The summed E-state index contributed by atoms with van der Waals surface area (Å²) >= 11 is 0. The van der Waals surface area contributed by atoms with Crippen molar-refractivity contribution in [2.75, 3.05) is 33.3 Å². The van der Waals surface area contributed by atoms with Gasteiger partial charge in [0.25, 0.3) is 0 Å². The van der Waals surface area contributed by atoms with Crippen molar-refractivity contribution in [2.24, 2.45) is 11.8 Å². The van der Waals surface area contributed by atoms with E-state index < -0.39 is 0 Å². The molecule has 24 heavy (non-hydrogen) atoms. The maximum atomic E-state index is 5.36. The molecule has 0 radical (unpaired) electrons. The Kier molecular flexibility index (Phi) is 4.72.